The number of likely N-dealkylation sites (N-methyl/N-ethyl adjacent to an activating group) is 1. The predicted molar refractivity (Wildman–Crippen MR) is 102 cm³/mol. The van der Waals surface area contributed by atoms with Gasteiger partial charge in [0.25, 0.3) is 0 Å². The number of amides is 2. The van der Waals surface area contributed by atoms with E-state index in [1.807, 2.05) is 56.3 Å². The minimum Gasteiger partial charge on any atom is -0.336 e. The Bertz CT molecular complexity index is 723. The van der Waals surface area contributed by atoms with Crippen LogP contribution in [-0.4, -0.2) is 31.6 Å². The van der Waals surface area contributed by atoms with Gasteiger partial charge in [0.05, 0.1) is 12.1 Å². The molecule has 0 radical (unpaired) electrons. The molecule has 2 rings (SSSR count). The highest BCUT2D eigenvalue weighted by atomic mass is 79.9. The monoisotopic (exact) mass is 407 g/mol. The summed E-state index contributed by atoms with van der Waals surface area (Å²) >= 11 is 3.49. The molecular weight excluding hydrogens is 385 g/mol. The van der Waals surface area contributed by atoms with E-state index >= 15 is 0 Å². The molecule has 0 aliphatic carbocycles. The van der Waals surface area contributed by atoms with Crippen LogP contribution in [0.2, 0.25) is 0 Å². The van der Waals surface area contributed by atoms with E-state index in [0.29, 0.717) is 6.54 Å². The number of hydrogen-bond donors (Lipinski definition) is 2. The molecule has 6 heteroatoms. The van der Waals surface area contributed by atoms with Crippen molar-refractivity contribution in [1.82, 2.24) is 15.5 Å². The van der Waals surface area contributed by atoms with Gasteiger partial charge in [-0.15, -0.1) is 0 Å². The zero-order valence-electron chi connectivity index (χ0n) is 14.6. The molecule has 2 N–H and O–H groups in total. The third kappa shape index (κ3) is 5.54. The van der Waals surface area contributed by atoms with Crippen LogP contribution in [0.1, 0.15) is 30.1 Å². The molecule has 0 bridgehead atoms. The summed E-state index contributed by atoms with van der Waals surface area (Å²) in [7, 11) is 3.80. The Morgan fingerprint density at radius 2 is 1.92 bits per heavy atom. The van der Waals surface area contributed by atoms with Crippen LogP contribution in [0.4, 0.5) is 9.18 Å². The summed E-state index contributed by atoms with van der Waals surface area (Å²) in [5, 5.41) is 5.79. The van der Waals surface area contributed by atoms with Gasteiger partial charge < -0.3 is 15.5 Å². The number of urea groups is 1. The predicted octanol–water partition coefficient (Wildman–Crippen LogP) is 4.25. The molecule has 2 aromatic carbocycles. The minimum atomic E-state index is -0.281. The molecule has 25 heavy (non-hydrogen) atoms. The summed E-state index contributed by atoms with van der Waals surface area (Å²) in [6, 6.07) is 13.7. The number of nitrogens with one attached hydrogen (secondary N) is 2. The second-order valence-electron chi connectivity index (χ2n) is 6.13. The van der Waals surface area contributed by atoms with E-state index in [1.54, 1.807) is 6.07 Å². The van der Waals surface area contributed by atoms with Gasteiger partial charge in [-0.1, -0.05) is 46.3 Å². The zero-order chi connectivity index (χ0) is 18.4. The second kappa shape index (κ2) is 8.97. The van der Waals surface area contributed by atoms with Crippen LogP contribution in [0.25, 0.3) is 0 Å². The van der Waals surface area contributed by atoms with Crippen LogP contribution >= 0.6 is 15.9 Å². The molecule has 0 fully saturated rings. The average Bonchev–Trinajstić information content (AvgIpc) is 2.55. The Morgan fingerprint density at radius 3 is 2.56 bits per heavy atom. The maximum absolute atomic E-state index is 13.5. The number of carbonyl (C=O) groups is 1. The fraction of sp³-hybridized carbons (Fsp3) is 0.316. The van der Waals surface area contributed by atoms with Crippen molar-refractivity contribution >= 4 is 22.0 Å². The summed E-state index contributed by atoms with van der Waals surface area (Å²) in [6.07, 6.45) is 0. The van der Waals surface area contributed by atoms with Crippen LogP contribution < -0.4 is 10.6 Å². The van der Waals surface area contributed by atoms with Crippen molar-refractivity contribution in [3.63, 3.8) is 0 Å². The van der Waals surface area contributed by atoms with Gasteiger partial charge in [0, 0.05) is 11.0 Å². The van der Waals surface area contributed by atoms with Crippen LogP contribution in [0.15, 0.2) is 53.0 Å². The quantitative estimate of drug-likeness (QED) is 0.751. The van der Waals surface area contributed by atoms with Crippen molar-refractivity contribution < 1.29 is 9.18 Å². The van der Waals surface area contributed by atoms with Crippen LogP contribution in [0, 0.1) is 5.82 Å². The third-order valence-corrected chi connectivity index (χ3v) is 4.75. The van der Waals surface area contributed by atoms with Gasteiger partial charge in [-0.3, -0.25) is 0 Å². The number of halogens is 2. The Balaban J connectivity index is 1.96. The highest BCUT2D eigenvalue weighted by Crippen LogP contribution is 2.22. The summed E-state index contributed by atoms with van der Waals surface area (Å²) in [6.45, 7) is 2.31. The molecule has 134 valence electrons. The van der Waals surface area contributed by atoms with Gasteiger partial charge in [0.15, 0.2) is 0 Å². The first-order valence-corrected chi connectivity index (χ1v) is 8.88. The first-order chi connectivity index (χ1) is 11.9. The van der Waals surface area contributed by atoms with E-state index in [0.717, 1.165) is 15.6 Å². The molecule has 0 heterocycles. The van der Waals surface area contributed by atoms with Crippen molar-refractivity contribution in [2.75, 3.05) is 20.6 Å². The average molecular weight is 408 g/mol. The molecule has 2 unspecified atom stereocenters. The van der Waals surface area contributed by atoms with Crippen molar-refractivity contribution in [3.8, 4) is 0 Å². The topological polar surface area (TPSA) is 44.4 Å². The lowest BCUT2D eigenvalue weighted by molar-refractivity contribution is 0.230. The van der Waals surface area contributed by atoms with E-state index in [1.165, 1.54) is 12.1 Å². The summed E-state index contributed by atoms with van der Waals surface area (Å²) < 4.78 is 14.4. The number of rotatable bonds is 6. The van der Waals surface area contributed by atoms with Gasteiger partial charge in [-0.2, -0.15) is 0 Å². The smallest absolute Gasteiger partial charge is 0.315 e. The fourth-order valence-corrected chi connectivity index (χ4v) is 3.28. The van der Waals surface area contributed by atoms with Crippen LogP contribution in [0.5, 0.6) is 0 Å². The van der Waals surface area contributed by atoms with E-state index in [-0.39, 0.29) is 23.9 Å². The van der Waals surface area contributed by atoms with Crippen LogP contribution in [0.3, 0.4) is 0 Å². The molecule has 2 amide bonds. The van der Waals surface area contributed by atoms with Crippen molar-refractivity contribution in [2.24, 2.45) is 0 Å². The van der Waals surface area contributed by atoms with E-state index in [4.69, 9.17) is 0 Å². The van der Waals surface area contributed by atoms with Crippen molar-refractivity contribution in [1.29, 1.82) is 0 Å². The van der Waals surface area contributed by atoms with E-state index < -0.39 is 0 Å². The first-order valence-electron chi connectivity index (χ1n) is 8.09. The lowest BCUT2D eigenvalue weighted by Crippen LogP contribution is -2.41. The SMILES string of the molecule is CC(NC(=O)NCC(c1cccc(F)c1)N(C)C)c1ccccc1Br. The normalized spacial score (nSPS) is 13.4. The Hall–Kier alpha value is -1.92. The number of nitrogens with zero attached hydrogens (tertiary/aromatic N) is 1. The largest absolute Gasteiger partial charge is 0.336 e. The number of hydrogen-bond acceptors (Lipinski definition) is 2. The molecule has 0 aliphatic rings. The fourth-order valence-electron chi connectivity index (χ4n) is 2.65. The molecular formula is C19H23BrFN3O. The van der Waals surface area contributed by atoms with Gasteiger partial charge in [-0.25, -0.2) is 9.18 Å². The van der Waals surface area contributed by atoms with Gasteiger partial charge in [0.1, 0.15) is 5.82 Å². The summed E-state index contributed by atoms with van der Waals surface area (Å²) in [4.78, 5) is 14.2. The minimum absolute atomic E-state index is 0.111. The van der Waals surface area contributed by atoms with E-state index in [9.17, 15) is 9.18 Å². The Morgan fingerprint density at radius 1 is 1.20 bits per heavy atom. The molecule has 0 spiro atoms. The number of carbonyl (C=O) groups excluding carboxylic acids is 1. The lowest BCUT2D eigenvalue weighted by atomic mass is 10.1. The van der Waals surface area contributed by atoms with Crippen LogP contribution in [-0.2, 0) is 0 Å². The Kier molecular flexibility index (Phi) is 6.96. The van der Waals surface area contributed by atoms with Crippen molar-refractivity contribution in [3.05, 3.63) is 69.9 Å². The second-order valence-corrected chi connectivity index (χ2v) is 6.99. The molecule has 4 nitrogen and oxygen atoms in total. The van der Waals surface area contributed by atoms with E-state index in [2.05, 4.69) is 26.6 Å². The van der Waals surface area contributed by atoms with Gasteiger partial charge in [-0.05, 0) is 50.3 Å². The molecule has 0 saturated heterocycles. The van der Waals surface area contributed by atoms with Crippen molar-refractivity contribution in [2.45, 2.75) is 19.0 Å². The zero-order valence-corrected chi connectivity index (χ0v) is 16.2. The molecule has 0 aliphatic heterocycles. The highest BCUT2D eigenvalue weighted by molar-refractivity contribution is 9.10. The van der Waals surface area contributed by atoms with Gasteiger partial charge >= 0.3 is 6.03 Å². The molecule has 0 saturated carbocycles. The third-order valence-electron chi connectivity index (χ3n) is 4.03. The summed E-state index contributed by atoms with van der Waals surface area (Å²) in [5.41, 5.74) is 1.83. The Labute approximate surface area is 156 Å². The molecule has 0 aromatic heterocycles. The summed E-state index contributed by atoms with van der Waals surface area (Å²) in [5.74, 6) is -0.281. The maximum Gasteiger partial charge on any atom is 0.315 e. The molecule has 2 atom stereocenters. The van der Waals surface area contributed by atoms with Gasteiger partial charge in [0.2, 0.25) is 0 Å². The first kappa shape index (κ1) is 19.4. The lowest BCUT2D eigenvalue weighted by Gasteiger charge is -2.25. The number of benzene rings is 2. The maximum atomic E-state index is 13.5. The standard InChI is InChI=1S/C19H23BrFN3O/c1-13(16-9-4-5-10-17(16)20)23-19(25)22-12-18(24(2)3)14-7-6-8-15(21)11-14/h4-11,13,18H,12H2,1-3H3,(H2,22,23,25). The molecule has 2 aromatic rings. The highest BCUT2D eigenvalue weighted by Gasteiger charge is 2.17.